The van der Waals surface area contributed by atoms with E-state index in [1.54, 1.807) is 19.1 Å². The normalized spacial score (nSPS) is 19.5. The third-order valence-electron chi connectivity index (χ3n) is 6.14. The summed E-state index contributed by atoms with van der Waals surface area (Å²) in [5.74, 6) is -0.883. The molecule has 0 bridgehead atoms. The molecule has 5 amide bonds. The summed E-state index contributed by atoms with van der Waals surface area (Å²) >= 11 is 0. The summed E-state index contributed by atoms with van der Waals surface area (Å²) in [6.07, 6.45) is 3.89. The van der Waals surface area contributed by atoms with Gasteiger partial charge in [-0.15, -0.1) is 0 Å². The second-order valence-corrected chi connectivity index (χ2v) is 7.83. The van der Waals surface area contributed by atoms with Crippen LogP contribution in [0.25, 0.3) is 0 Å². The second-order valence-electron chi connectivity index (χ2n) is 7.83. The van der Waals surface area contributed by atoms with Crippen LogP contribution in [-0.4, -0.2) is 71.8 Å². The smallest absolute Gasteiger partial charge is 0.334 e. The average molecular weight is 415 g/mol. The van der Waals surface area contributed by atoms with Crippen LogP contribution >= 0.6 is 0 Å². The molecule has 0 unspecified atom stereocenters. The average Bonchev–Trinajstić information content (AvgIpc) is 3.35. The third kappa shape index (κ3) is 3.38. The van der Waals surface area contributed by atoms with E-state index >= 15 is 0 Å². The van der Waals surface area contributed by atoms with Gasteiger partial charge < -0.3 is 14.4 Å². The van der Waals surface area contributed by atoms with E-state index in [2.05, 4.69) is 0 Å². The Labute approximate surface area is 174 Å². The zero-order valence-corrected chi connectivity index (χ0v) is 17.2. The number of rotatable bonds is 5. The molecule has 2 fully saturated rings. The molecule has 1 aliphatic carbocycles. The number of urea groups is 1. The minimum Gasteiger partial charge on any atom is -0.493 e. The van der Waals surface area contributed by atoms with Gasteiger partial charge in [0.25, 0.3) is 0 Å². The molecule has 1 aromatic carbocycles. The number of fused-ring (bicyclic) bond motifs is 1. The number of methoxy groups -OCH3 is 2. The van der Waals surface area contributed by atoms with Gasteiger partial charge >= 0.3 is 17.8 Å². The van der Waals surface area contributed by atoms with Crippen LogP contribution in [0.1, 0.15) is 36.8 Å². The second kappa shape index (κ2) is 7.97. The fraction of sp³-hybridized carbons (Fsp3) is 0.524. The van der Waals surface area contributed by atoms with E-state index in [-0.39, 0.29) is 11.9 Å². The number of carbonyl (C=O) groups excluding carboxylic acids is 4. The molecule has 0 aromatic heterocycles. The monoisotopic (exact) mass is 415 g/mol. The van der Waals surface area contributed by atoms with Crippen LogP contribution in [0.3, 0.4) is 0 Å². The number of benzene rings is 1. The van der Waals surface area contributed by atoms with Crippen molar-refractivity contribution in [2.24, 2.45) is 0 Å². The van der Waals surface area contributed by atoms with Crippen molar-refractivity contribution in [3.05, 3.63) is 23.3 Å². The molecule has 0 radical (unpaired) electrons. The van der Waals surface area contributed by atoms with Crippen molar-refractivity contribution >= 4 is 23.8 Å². The highest BCUT2D eigenvalue weighted by atomic mass is 16.5. The van der Waals surface area contributed by atoms with Crippen molar-refractivity contribution in [3.8, 4) is 11.5 Å². The van der Waals surface area contributed by atoms with E-state index in [9.17, 15) is 19.2 Å². The summed E-state index contributed by atoms with van der Waals surface area (Å²) in [5, 5.41) is 0. The van der Waals surface area contributed by atoms with Crippen molar-refractivity contribution < 1.29 is 28.7 Å². The van der Waals surface area contributed by atoms with Gasteiger partial charge in [-0.3, -0.25) is 19.3 Å². The summed E-state index contributed by atoms with van der Waals surface area (Å²) in [4.78, 5) is 53.7. The number of carbonyl (C=O) groups is 4. The molecular weight excluding hydrogens is 390 g/mol. The molecule has 2 aliphatic heterocycles. The Kier molecular flexibility index (Phi) is 5.36. The first kappa shape index (κ1) is 20.2. The Morgan fingerprint density at radius 1 is 1.00 bits per heavy atom. The van der Waals surface area contributed by atoms with Crippen LogP contribution in [0.2, 0.25) is 0 Å². The van der Waals surface area contributed by atoms with Crippen molar-refractivity contribution in [2.75, 3.05) is 27.3 Å². The van der Waals surface area contributed by atoms with Crippen molar-refractivity contribution in [1.82, 2.24) is 14.7 Å². The van der Waals surface area contributed by atoms with Gasteiger partial charge in [0.1, 0.15) is 6.54 Å². The Bertz CT molecular complexity index is 908. The van der Waals surface area contributed by atoms with Gasteiger partial charge in [-0.1, -0.05) is 12.8 Å². The first-order valence-electron chi connectivity index (χ1n) is 10.1. The van der Waals surface area contributed by atoms with Gasteiger partial charge in [-0.25, -0.2) is 9.69 Å². The van der Waals surface area contributed by atoms with E-state index in [0.29, 0.717) is 43.9 Å². The number of hydrogen-bond acceptors (Lipinski definition) is 6. The lowest BCUT2D eigenvalue weighted by Gasteiger charge is -2.30. The van der Waals surface area contributed by atoms with E-state index in [1.165, 1.54) is 0 Å². The fourth-order valence-electron chi connectivity index (χ4n) is 4.48. The van der Waals surface area contributed by atoms with Gasteiger partial charge in [0, 0.05) is 19.1 Å². The molecule has 30 heavy (non-hydrogen) atoms. The van der Waals surface area contributed by atoms with E-state index in [1.807, 2.05) is 12.1 Å². The van der Waals surface area contributed by atoms with Crippen molar-refractivity contribution in [2.45, 2.75) is 44.7 Å². The standard InChI is InChI=1S/C21H25N3O6/c1-29-16-9-13-7-8-22(11-14(13)10-17(16)30-2)18(25)12-23-19(26)20(27)24(21(23)28)15-5-3-4-6-15/h9-10,15H,3-8,11-12H2,1-2H3. The predicted octanol–water partition coefficient (Wildman–Crippen LogP) is 1.32. The zero-order valence-electron chi connectivity index (χ0n) is 17.2. The minimum atomic E-state index is -0.913. The maximum atomic E-state index is 12.9. The highest BCUT2D eigenvalue weighted by molar-refractivity contribution is 6.45. The predicted molar refractivity (Wildman–Crippen MR) is 105 cm³/mol. The molecule has 0 spiro atoms. The Morgan fingerprint density at radius 3 is 2.27 bits per heavy atom. The first-order valence-corrected chi connectivity index (χ1v) is 10.1. The Morgan fingerprint density at radius 2 is 1.63 bits per heavy atom. The van der Waals surface area contributed by atoms with Crippen LogP contribution in [0, 0.1) is 0 Å². The molecule has 0 N–H and O–H groups in total. The van der Waals surface area contributed by atoms with Crippen molar-refractivity contribution in [3.63, 3.8) is 0 Å². The molecule has 4 rings (SSSR count). The van der Waals surface area contributed by atoms with E-state index in [0.717, 1.165) is 33.8 Å². The highest BCUT2D eigenvalue weighted by Crippen LogP contribution is 2.33. The quantitative estimate of drug-likeness (QED) is 0.532. The largest absolute Gasteiger partial charge is 0.493 e. The summed E-state index contributed by atoms with van der Waals surface area (Å²) in [5.41, 5.74) is 1.99. The molecule has 160 valence electrons. The molecule has 9 heteroatoms. The summed E-state index contributed by atoms with van der Waals surface area (Å²) < 4.78 is 10.7. The Hall–Kier alpha value is -3.10. The lowest BCUT2D eigenvalue weighted by atomic mass is 9.98. The van der Waals surface area contributed by atoms with Crippen LogP contribution < -0.4 is 9.47 Å². The van der Waals surface area contributed by atoms with Crippen LogP contribution in [0.5, 0.6) is 11.5 Å². The number of imide groups is 2. The molecule has 3 aliphatic rings. The van der Waals surface area contributed by atoms with Gasteiger partial charge in [-0.2, -0.15) is 0 Å². The lowest BCUT2D eigenvalue weighted by molar-refractivity contribution is -0.145. The van der Waals surface area contributed by atoms with Gasteiger partial charge in [0.05, 0.1) is 14.2 Å². The maximum Gasteiger partial charge on any atom is 0.334 e. The number of hydrogen-bond donors (Lipinski definition) is 0. The molecule has 1 saturated carbocycles. The van der Waals surface area contributed by atoms with Gasteiger partial charge in [0.15, 0.2) is 11.5 Å². The summed E-state index contributed by atoms with van der Waals surface area (Å²) in [6, 6.07) is 2.83. The minimum absolute atomic E-state index is 0.238. The maximum absolute atomic E-state index is 12.9. The first-order chi connectivity index (χ1) is 14.4. The highest BCUT2D eigenvalue weighted by Gasteiger charge is 2.49. The summed E-state index contributed by atoms with van der Waals surface area (Å²) in [7, 11) is 3.12. The summed E-state index contributed by atoms with van der Waals surface area (Å²) in [6.45, 7) is 0.373. The van der Waals surface area contributed by atoms with Crippen LogP contribution in [0.4, 0.5) is 4.79 Å². The number of amides is 5. The fourth-order valence-corrected chi connectivity index (χ4v) is 4.48. The molecule has 1 saturated heterocycles. The molecule has 1 aromatic rings. The zero-order chi connectivity index (χ0) is 21.4. The third-order valence-corrected chi connectivity index (χ3v) is 6.14. The Balaban J connectivity index is 1.46. The number of ether oxygens (including phenoxy) is 2. The van der Waals surface area contributed by atoms with E-state index in [4.69, 9.17) is 9.47 Å². The molecular formula is C21H25N3O6. The van der Waals surface area contributed by atoms with E-state index < -0.39 is 24.4 Å². The van der Waals surface area contributed by atoms with Gasteiger partial charge in [0.2, 0.25) is 5.91 Å². The van der Waals surface area contributed by atoms with Crippen LogP contribution in [0.15, 0.2) is 12.1 Å². The van der Waals surface area contributed by atoms with Gasteiger partial charge in [-0.05, 0) is 42.5 Å². The number of nitrogens with zero attached hydrogens (tertiary/aromatic N) is 3. The molecule has 2 heterocycles. The SMILES string of the molecule is COc1cc2c(cc1OC)CN(C(=O)CN1C(=O)C(=O)N(C3CCCC3)C1=O)CC2. The topological polar surface area (TPSA) is 96.5 Å². The lowest BCUT2D eigenvalue weighted by Crippen LogP contribution is -2.45. The van der Waals surface area contributed by atoms with Crippen molar-refractivity contribution in [1.29, 1.82) is 0 Å². The molecule has 9 nitrogen and oxygen atoms in total. The molecule has 0 atom stereocenters. The van der Waals surface area contributed by atoms with Crippen LogP contribution in [-0.2, 0) is 27.3 Å².